The van der Waals surface area contributed by atoms with E-state index >= 15 is 0 Å². The Morgan fingerprint density at radius 2 is 1.57 bits per heavy atom. The minimum Gasteiger partial charge on any atom is -0.405 e. The van der Waals surface area contributed by atoms with Gasteiger partial charge in [0.05, 0.1) is 0 Å². The Hall–Kier alpha value is -0.275. The zero-order valence-electron chi connectivity index (χ0n) is 10.1. The first-order chi connectivity index (χ1) is 6.56. The highest BCUT2D eigenvalue weighted by Crippen LogP contribution is 2.02. The van der Waals surface area contributed by atoms with Crippen LogP contribution in [0.2, 0.25) is 0 Å². The molecular weight excluding hydrogens is 175 g/mol. The zero-order valence-corrected chi connectivity index (χ0v) is 10.1. The van der Waals surface area contributed by atoms with Crippen LogP contribution < -0.4 is 0 Å². The first-order valence-electron chi connectivity index (χ1n) is 5.53. The normalized spacial score (nSPS) is 11.9. The Balaban J connectivity index is 3.96. The SMILES string of the molecule is CCC/C=C/B(OC(C)C)OC(C)C. The molecule has 0 aromatic heterocycles. The fourth-order valence-corrected chi connectivity index (χ4v) is 1.03. The molecule has 0 amide bonds. The summed E-state index contributed by atoms with van der Waals surface area (Å²) in [5.41, 5.74) is 0. The van der Waals surface area contributed by atoms with Gasteiger partial charge in [-0.1, -0.05) is 25.4 Å². The summed E-state index contributed by atoms with van der Waals surface area (Å²) in [6.07, 6.45) is 4.76. The molecule has 0 radical (unpaired) electrons. The summed E-state index contributed by atoms with van der Waals surface area (Å²) in [6, 6.07) is 0. The Kier molecular flexibility index (Phi) is 7.91. The summed E-state index contributed by atoms with van der Waals surface area (Å²) >= 11 is 0. The van der Waals surface area contributed by atoms with Crippen molar-refractivity contribution in [1.29, 1.82) is 0 Å². The van der Waals surface area contributed by atoms with Crippen molar-refractivity contribution in [2.24, 2.45) is 0 Å². The van der Waals surface area contributed by atoms with E-state index in [0.29, 0.717) is 0 Å². The van der Waals surface area contributed by atoms with Gasteiger partial charge in [0.25, 0.3) is 0 Å². The molecule has 0 spiro atoms. The largest absolute Gasteiger partial charge is 0.486 e. The molecule has 0 rings (SSSR count). The summed E-state index contributed by atoms with van der Waals surface area (Å²) in [5, 5.41) is 0. The van der Waals surface area contributed by atoms with Gasteiger partial charge in [-0.25, -0.2) is 0 Å². The lowest BCUT2D eigenvalue weighted by molar-refractivity contribution is 0.138. The average Bonchev–Trinajstić information content (AvgIpc) is 2.02. The van der Waals surface area contributed by atoms with E-state index in [9.17, 15) is 0 Å². The van der Waals surface area contributed by atoms with Gasteiger partial charge >= 0.3 is 7.12 Å². The van der Waals surface area contributed by atoms with Crippen LogP contribution in [0.3, 0.4) is 0 Å². The lowest BCUT2D eigenvalue weighted by Crippen LogP contribution is -2.27. The molecule has 0 unspecified atom stereocenters. The molecule has 0 fully saturated rings. The highest BCUT2D eigenvalue weighted by Gasteiger charge is 2.17. The quantitative estimate of drug-likeness (QED) is 0.584. The Morgan fingerprint density at radius 1 is 1.07 bits per heavy atom. The van der Waals surface area contributed by atoms with Gasteiger partial charge in [0.2, 0.25) is 0 Å². The molecule has 2 nitrogen and oxygen atoms in total. The Bertz CT molecular complexity index is 145. The van der Waals surface area contributed by atoms with Crippen molar-refractivity contribution in [3.05, 3.63) is 12.1 Å². The van der Waals surface area contributed by atoms with E-state index in [1.165, 1.54) is 0 Å². The van der Waals surface area contributed by atoms with Gasteiger partial charge in [0.15, 0.2) is 0 Å². The molecule has 0 N–H and O–H groups in total. The molecule has 0 aromatic rings. The molecule has 0 saturated carbocycles. The van der Waals surface area contributed by atoms with Crippen LogP contribution in [0.5, 0.6) is 0 Å². The van der Waals surface area contributed by atoms with E-state index in [0.717, 1.165) is 12.8 Å². The third-order valence-electron chi connectivity index (χ3n) is 1.56. The molecule has 0 heterocycles. The number of hydrogen-bond acceptors (Lipinski definition) is 2. The molecule has 82 valence electrons. The van der Waals surface area contributed by atoms with Gasteiger partial charge < -0.3 is 9.31 Å². The van der Waals surface area contributed by atoms with Crippen LogP contribution in [0.4, 0.5) is 0 Å². The van der Waals surface area contributed by atoms with Gasteiger partial charge in [-0.3, -0.25) is 0 Å². The van der Waals surface area contributed by atoms with E-state index in [1.54, 1.807) is 0 Å². The minimum atomic E-state index is -0.193. The lowest BCUT2D eigenvalue weighted by Gasteiger charge is -2.16. The van der Waals surface area contributed by atoms with Crippen molar-refractivity contribution in [2.45, 2.75) is 59.7 Å². The van der Waals surface area contributed by atoms with Gasteiger partial charge in [-0.2, -0.15) is 0 Å². The second kappa shape index (κ2) is 8.07. The Labute approximate surface area is 88.8 Å². The van der Waals surface area contributed by atoms with Crippen molar-refractivity contribution in [3.8, 4) is 0 Å². The molecule has 0 saturated heterocycles. The number of allylic oxidation sites excluding steroid dienone is 1. The van der Waals surface area contributed by atoms with E-state index < -0.39 is 0 Å². The highest BCUT2D eigenvalue weighted by atomic mass is 16.6. The van der Waals surface area contributed by atoms with Crippen molar-refractivity contribution < 1.29 is 9.31 Å². The number of hydrogen-bond donors (Lipinski definition) is 0. The predicted molar refractivity (Wildman–Crippen MR) is 62.2 cm³/mol. The second-order valence-electron chi connectivity index (χ2n) is 3.95. The molecule has 14 heavy (non-hydrogen) atoms. The van der Waals surface area contributed by atoms with E-state index in [1.807, 2.05) is 33.7 Å². The first kappa shape index (κ1) is 13.7. The maximum atomic E-state index is 5.60. The van der Waals surface area contributed by atoms with E-state index in [2.05, 4.69) is 13.0 Å². The summed E-state index contributed by atoms with van der Waals surface area (Å²) in [6.45, 7) is 10.2. The lowest BCUT2D eigenvalue weighted by atomic mass is 9.88. The summed E-state index contributed by atoms with van der Waals surface area (Å²) in [7, 11) is -0.193. The molecule has 3 heteroatoms. The average molecular weight is 198 g/mol. The van der Waals surface area contributed by atoms with Crippen LogP contribution >= 0.6 is 0 Å². The van der Waals surface area contributed by atoms with Gasteiger partial charge in [0, 0.05) is 12.2 Å². The van der Waals surface area contributed by atoms with Crippen LogP contribution in [-0.4, -0.2) is 19.3 Å². The highest BCUT2D eigenvalue weighted by molar-refractivity contribution is 6.50. The molecule has 0 aliphatic heterocycles. The second-order valence-corrected chi connectivity index (χ2v) is 3.95. The fraction of sp³-hybridized carbons (Fsp3) is 0.818. The molecule has 0 atom stereocenters. The smallest absolute Gasteiger partial charge is 0.405 e. The molecule has 0 bridgehead atoms. The van der Waals surface area contributed by atoms with Crippen LogP contribution in [-0.2, 0) is 9.31 Å². The molecular formula is C11H23BO2. The summed E-state index contributed by atoms with van der Waals surface area (Å²) < 4.78 is 11.2. The molecule has 0 aromatic carbocycles. The predicted octanol–water partition coefficient (Wildman–Crippen LogP) is 3.22. The third kappa shape index (κ3) is 8.33. The molecule has 0 aliphatic carbocycles. The zero-order chi connectivity index (χ0) is 11.0. The third-order valence-corrected chi connectivity index (χ3v) is 1.56. The topological polar surface area (TPSA) is 18.5 Å². The van der Waals surface area contributed by atoms with Gasteiger partial charge in [0.1, 0.15) is 0 Å². The van der Waals surface area contributed by atoms with Crippen molar-refractivity contribution in [3.63, 3.8) is 0 Å². The number of unbranched alkanes of at least 4 members (excludes halogenated alkanes) is 1. The van der Waals surface area contributed by atoms with Gasteiger partial charge in [-0.05, 0) is 34.1 Å². The van der Waals surface area contributed by atoms with Crippen molar-refractivity contribution in [2.75, 3.05) is 0 Å². The van der Waals surface area contributed by atoms with E-state index in [4.69, 9.17) is 9.31 Å². The summed E-state index contributed by atoms with van der Waals surface area (Å²) in [5.74, 6) is 2.00. The van der Waals surface area contributed by atoms with E-state index in [-0.39, 0.29) is 19.3 Å². The van der Waals surface area contributed by atoms with Crippen molar-refractivity contribution >= 4 is 7.12 Å². The number of rotatable bonds is 7. The minimum absolute atomic E-state index is 0.193. The first-order valence-corrected chi connectivity index (χ1v) is 5.53. The van der Waals surface area contributed by atoms with Crippen molar-refractivity contribution in [1.82, 2.24) is 0 Å². The summed E-state index contributed by atoms with van der Waals surface area (Å²) in [4.78, 5) is 0. The standard InChI is InChI=1S/C11H23BO2/c1-6-7-8-9-12(13-10(2)3)14-11(4)5/h8-11H,6-7H2,1-5H3/b9-8+. The van der Waals surface area contributed by atoms with Crippen LogP contribution in [0.1, 0.15) is 47.5 Å². The fourth-order valence-electron chi connectivity index (χ4n) is 1.03. The maximum absolute atomic E-state index is 5.60. The van der Waals surface area contributed by atoms with Gasteiger partial charge in [-0.15, -0.1) is 0 Å². The van der Waals surface area contributed by atoms with Crippen LogP contribution in [0.15, 0.2) is 12.1 Å². The van der Waals surface area contributed by atoms with Crippen LogP contribution in [0.25, 0.3) is 0 Å². The van der Waals surface area contributed by atoms with Crippen LogP contribution in [0, 0.1) is 0 Å². The monoisotopic (exact) mass is 198 g/mol. The Morgan fingerprint density at radius 3 is 1.93 bits per heavy atom. The molecule has 0 aliphatic rings. The maximum Gasteiger partial charge on any atom is 0.486 e.